The molecule has 174 valence electrons. The first-order valence-electron chi connectivity index (χ1n) is 11.1. The van der Waals surface area contributed by atoms with Crippen LogP contribution in [0.4, 0.5) is 0 Å². The standard InChI is InChI=1S/C27H20ClN3O4/c1-34-20-12-6-17(7-13-20)24-23(29-16-35-24)26(33)31-15-14-30-25(32)21-4-2-3-5-22(21)27(30,31)18-8-10-19(28)11-9-18/h2-13,16H,14-15H2,1H3. The van der Waals surface area contributed by atoms with Crippen molar-refractivity contribution in [3.63, 3.8) is 0 Å². The average Bonchev–Trinajstić information content (AvgIpc) is 3.59. The largest absolute Gasteiger partial charge is 0.497 e. The first-order chi connectivity index (χ1) is 17.1. The molecular weight excluding hydrogens is 466 g/mol. The van der Waals surface area contributed by atoms with E-state index in [4.69, 9.17) is 20.8 Å². The van der Waals surface area contributed by atoms with Crippen LogP contribution in [0.1, 0.15) is 32.0 Å². The molecule has 0 N–H and O–H groups in total. The molecule has 0 saturated carbocycles. The molecule has 3 aromatic carbocycles. The van der Waals surface area contributed by atoms with Crippen molar-refractivity contribution < 1.29 is 18.7 Å². The minimum absolute atomic E-state index is 0.110. The number of halogens is 1. The summed E-state index contributed by atoms with van der Waals surface area (Å²) in [5.74, 6) is 0.618. The molecule has 2 aliphatic heterocycles. The molecule has 6 rings (SSSR count). The van der Waals surface area contributed by atoms with Crippen LogP contribution in [0.25, 0.3) is 11.3 Å². The van der Waals surface area contributed by atoms with Crippen molar-refractivity contribution in [2.24, 2.45) is 0 Å². The van der Waals surface area contributed by atoms with Gasteiger partial charge in [0.2, 0.25) is 0 Å². The predicted molar refractivity (Wildman–Crippen MR) is 129 cm³/mol. The Morgan fingerprint density at radius 3 is 2.51 bits per heavy atom. The Labute approximate surface area is 206 Å². The zero-order valence-corrected chi connectivity index (χ0v) is 19.5. The van der Waals surface area contributed by atoms with E-state index in [-0.39, 0.29) is 17.5 Å². The third-order valence-electron chi connectivity index (χ3n) is 6.72. The van der Waals surface area contributed by atoms with Gasteiger partial charge in [-0.15, -0.1) is 0 Å². The molecule has 7 nitrogen and oxygen atoms in total. The number of nitrogens with zero attached hydrogens (tertiary/aromatic N) is 3. The fraction of sp³-hybridized carbons (Fsp3) is 0.148. The summed E-state index contributed by atoms with van der Waals surface area (Å²) in [5.41, 5.74) is 1.89. The van der Waals surface area contributed by atoms with E-state index in [0.717, 1.165) is 11.1 Å². The molecule has 0 radical (unpaired) electrons. The lowest BCUT2D eigenvalue weighted by Gasteiger charge is -2.40. The van der Waals surface area contributed by atoms with E-state index in [1.165, 1.54) is 6.39 Å². The molecule has 4 aromatic rings. The van der Waals surface area contributed by atoms with Crippen molar-refractivity contribution in [2.75, 3.05) is 20.2 Å². The van der Waals surface area contributed by atoms with E-state index in [1.54, 1.807) is 47.2 Å². The van der Waals surface area contributed by atoms with Gasteiger partial charge in [0, 0.05) is 40.4 Å². The van der Waals surface area contributed by atoms with Crippen LogP contribution in [0.2, 0.25) is 5.02 Å². The lowest BCUT2D eigenvalue weighted by atomic mass is 9.89. The zero-order chi connectivity index (χ0) is 24.2. The predicted octanol–water partition coefficient (Wildman–Crippen LogP) is 4.82. The molecule has 35 heavy (non-hydrogen) atoms. The van der Waals surface area contributed by atoms with Gasteiger partial charge in [-0.1, -0.05) is 41.9 Å². The number of carbonyl (C=O) groups excluding carboxylic acids is 2. The average molecular weight is 486 g/mol. The van der Waals surface area contributed by atoms with Crippen molar-refractivity contribution >= 4 is 23.4 Å². The highest BCUT2D eigenvalue weighted by Crippen LogP contribution is 2.50. The summed E-state index contributed by atoms with van der Waals surface area (Å²) >= 11 is 6.19. The first kappa shape index (κ1) is 21.4. The number of hydrogen-bond donors (Lipinski definition) is 0. The summed E-state index contributed by atoms with van der Waals surface area (Å²) in [7, 11) is 1.59. The van der Waals surface area contributed by atoms with Crippen LogP contribution >= 0.6 is 11.6 Å². The number of carbonyl (C=O) groups is 2. The van der Waals surface area contributed by atoms with E-state index in [2.05, 4.69) is 4.98 Å². The third kappa shape index (κ3) is 3.01. The molecule has 1 atom stereocenters. The molecule has 0 aliphatic carbocycles. The van der Waals surface area contributed by atoms with Crippen molar-refractivity contribution in [1.82, 2.24) is 14.8 Å². The van der Waals surface area contributed by atoms with E-state index in [9.17, 15) is 9.59 Å². The second-order valence-corrected chi connectivity index (χ2v) is 8.83. The molecule has 8 heteroatoms. The highest BCUT2D eigenvalue weighted by molar-refractivity contribution is 6.30. The van der Waals surface area contributed by atoms with Gasteiger partial charge in [-0.25, -0.2) is 4.98 Å². The second kappa shape index (κ2) is 7.99. The van der Waals surface area contributed by atoms with Crippen LogP contribution < -0.4 is 4.74 Å². The Kier molecular flexibility index (Phi) is 4.89. The number of aromatic nitrogens is 1. The summed E-state index contributed by atoms with van der Waals surface area (Å²) < 4.78 is 10.9. The molecule has 2 aliphatic rings. The minimum Gasteiger partial charge on any atom is -0.497 e. The van der Waals surface area contributed by atoms with E-state index in [0.29, 0.717) is 40.7 Å². The number of methoxy groups -OCH3 is 1. The monoisotopic (exact) mass is 485 g/mol. The van der Waals surface area contributed by atoms with Gasteiger partial charge in [0.15, 0.2) is 23.5 Å². The smallest absolute Gasteiger partial charge is 0.278 e. The van der Waals surface area contributed by atoms with Gasteiger partial charge in [-0.2, -0.15) is 0 Å². The summed E-state index contributed by atoms with van der Waals surface area (Å²) in [6.45, 7) is 0.730. The maximum absolute atomic E-state index is 14.1. The normalized spacial score (nSPS) is 18.5. The van der Waals surface area contributed by atoms with Crippen LogP contribution in [0.5, 0.6) is 5.75 Å². The van der Waals surface area contributed by atoms with Crippen LogP contribution in [0, 0.1) is 0 Å². The van der Waals surface area contributed by atoms with Gasteiger partial charge < -0.3 is 19.0 Å². The maximum atomic E-state index is 14.1. The van der Waals surface area contributed by atoms with Crippen LogP contribution in [0.3, 0.4) is 0 Å². The molecule has 0 spiro atoms. The molecular formula is C27H20ClN3O4. The highest BCUT2D eigenvalue weighted by atomic mass is 35.5. The van der Waals surface area contributed by atoms with Gasteiger partial charge in [0.25, 0.3) is 11.8 Å². The van der Waals surface area contributed by atoms with Gasteiger partial charge in [-0.05, 0) is 42.5 Å². The van der Waals surface area contributed by atoms with Crippen molar-refractivity contribution in [3.05, 3.63) is 107 Å². The van der Waals surface area contributed by atoms with Crippen molar-refractivity contribution in [3.8, 4) is 17.1 Å². The summed E-state index contributed by atoms with van der Waals surface area (Å²) in [6, 6.07) is 21.9. The number of ether oxygens (including phenoxy) is 1. The van der Waals surface area contributed by atoms with E-state index < -0.39 is 5.66 Å². The third-order valence-corrected chi connectivity index (χ3v) is 6.97. The van der Waals surface area contributed by atoms with Gasteiger partial charge in [0.05, 0.1) is 7.11 Å². The second-order valence-electron chi connectivity index (χ2n) is 8.40. The fourth-order valence-electron chi connectivity index (χ4n) is 5.20. The van der Waals surface area contributed by atoms with E-state index >= 15 is 0 Å². The van der Waals surface area contributed by atoms with Crippen LogP contribution in [-0.2, 0) is 5.66 Å². The minimum atomic E-state index is -1.11. The molecule has 1 unspecified atom stereocenters. The Balaban J connectivity index is 1.51. The number of benzene rings is 3. The summed E-state index contributed by atoms with van der Waals surface area (Å²) in [5, 5.41) is 0.573. The SMILES string of the molecule is COc1ccc(-c2ocnc2C(=O)N2CCN3C(=O)c4ccccc4C32c2ccc(Cl)cc2)cc1. The molecule has 1 saturated heterocycles. The number of rotatable bonds is 4. The molecule has 3 heterocycles. The number of hydrogen-bond acceptors (Lipinski definition) is 5. The Morgan fingerprint density at radius 2 is 1.77 bits per heavy atom. The summed E-state index contributed by atoms with van der Waals surface area (Å²) in [4.78, 5) is 35.4. The topological polar surface area (TPSA) is 75.9 Å². The summed E-state index contributed by atoms with van der Waals surface area (Å²) in [6.07, 6.45) is 1.27. The lowest BCUT2D eigenvalue weighted by molar-refractivity contribution is 0.0372. The maximum Gasteiger partial charge on any atom is 0.278 e. The van der Waals surface area contributed by atoms with Gasteiger partial charge in [-0.3, -0.25) is 9.59 Å². The molecule has 1 fully saturated rings. The molecule has 0 bridgehead atoms. The van der Waals surface area contributed by atoms with Gasteiger partial charge >= 0.3 is 0 Å². The molecule has 2 amide bonds. The highest BCUT2D eigenvalue weighted by Gasteiger charge is 2.60. The number of fused-ring (bicyclic) bond motifs is 3. The first-order valence-corrected chi connectivity index (χ1v) is 11.5. The van der Waals surface area contributed by atoms with Gasteiger partial charge in [0.1, 0.15) is 5.75 Å². The van der Waals surface area contributed by atoms with E-state index in [1.807, 2.05) is 42.5 Å². The van der Waals surface area contributed by atoms with Crippen molar-refractivity contribution in [2.45, 2.75) is 5.66 Å². The number of oxazole rings is 1. The molecule has 1 aromatic heterocycles. The van der Waals surface area contributed by atoms with Crippen LogP contribution in [0.15, 0.2) is 83.6 Å². The Morgan fingerprint density at radius 1 is 1.03 bits per heavy atom. The Hall–Kier alpha value is -4.10. The fourth-order valence-corrected chi connectivity index (χ4v) is 5.33. The van der Waals surface area contributed by atoms with Crippen molar-refractivity contribution in [1.29, 1.82) is 0 Å². The zero-order valence-electron chi connectivity index (χ0n) is 18.8. The van der Waals surface area contributed by atoms with Crippen LogP contribution in [-0.4, -0.2) is 46.8 Å². The Bertz CT molecular complexity index is 1450. The quantitative estimate of drug-likeness (QED) is 0.414. The lowest BCUT2D eigenvalue weighted by Crippen LogP contribution is -2.51. The number of amides is 2.